The molecule has 0 unspecified atom stereocenters. The molecule has 1 saturated heterocycles. The van der Waals surface area contributed by atoms with Gasteiger partial charge in [-0.15, -0.1) is 0 Å². The summed E-state index contributed by atoms with van der Waals surface area (Å²) in [6, 6.07) is 29.6. The smallest absolute Gasteiger partial charge is 0.338 e. The number of benzene rings is 3. The molecule has 1 aliphatic heterocycles. The first kappa shape index (κ1) is 31.3. The molecule has 1 fully saturated rings. The number of carbonyl (C=O) groups is 3. The molecule has 0 bridgehead atoms. The van der Waals surface area contributed by atoms with E-state index in [0.717, 1.165) is 17.3 Å². The quantitative estimate of drug-likeness (QED) is 0.178. The van der Waals surface area contributed by atoms with Gasteiger partial charge in [-0.1, -0.05) is 72.3 Å². The lowest BCUT2D eigenvalue weighted by atomic mass is 9.96. The summed E-state index contributed by atoms with van der Waals surface area (Å²) in [7, 11) is 0. The molecule has 5 aromatic rings. The third-order valence-electron chi connectivity index (χ3n) is 8.13. The van der Waals surface area contributed by atoms with E-state index in [2.05, 4.69) is 39.1 Å². The second-order valence-electron chi connectivity index (χ2n) is 11.1. The van der Waals surface area contributed by atoms with Crippen LogP contribution >= 0.6 is 23.5 Å². The number of halogens is 1. The molecule has 234 valence electrons. The van der Waals surface area contributed by atoms with Crippen LogP contribution in [-0.2, 0) is 4.79 Å². The maximum absolute atomic E-state index is 14.1. The summed E-state index contributed by atoms with van der Waals surface area (Å²) < 4.78 is 1.31. The number of fused-ring (bicyclic) bond motifs is 1. The number of nitrogens with zero attached hydrogens (tertiary/aromatic N) is 4. The summed E-state index contributed by atoms with van der Waals surface area (Å²) >= 11 is 7.02. The molecule has 3 aromatic carbocycles. The number of carboxylic acids is 1. The number of hydrogen-bond donors (Lipinski definition) is 2. The Morgan fingerprint density at radius 1 is 0.891 bits per heavy atom. The minimum Gasteiger partial charge on any atom is -0.478 e. The van der Waals surface area contributed by atoms with Gasteiger partial charge in [-0.2, -0.15) is 0 Å². The van der Waals surface area contributed by atoms with Crippen LogP contribution in [0.2, 0.25) is 5.02 Å². The number of carboxylic acid groups (broad SMARTS) is 1. The lowest BCUT2D eigenvalue weighted by molar-refractivity contribution is -0.136. The van der Waals surface area contributed by atoms with Gasteiger partial charge < -0.3 is 15.0 Å². The molecule has 0 saturated carbocycles. The van der Waals surface area contributed by atoms with E-state index in [-0.39, 0.29) is 28.2 Å². The maximum atomic E-state index is 14.1. The summed E-state index contributed by atoms with van der Waals surface area (Å²) in [5.41, 5.74) is 3.26. The van der Waals surface area contributed by atoms with Crippen molar-refractivity contribution in [2.45, 2.75) is 24.0 Å². The molecule has 0 aliphatic carbocycles. The van der Waals surface area contributed by atoms with E-state index in [1.807, 2.05) is 36.4 Å². The Hall–Kier alpha value is -4.64. The molecule has 1 atom stereocenters. The fourth-order valence-electron chi connectivity index (χ4n) is 5.80. The van der Waals surface area contributed by atoms with Crippen LogP contribution in [0.4, 0.5) is 0 Å². The second-order valence-corrected chi connectivity index (χ2v) is 12.5. The molecule has 9 nitrogen and oxygen atoms in total. The molecule has 1 aliphatic rings. The number of nitrogens with one attached hydrogen (secondary N) is 1. The predicted molar refractivity (Wildman–Crippen MR) is 179 cm³/mol. The van der Waals surface area contributed by atoms with E-state index in [9.17, 15) is 19.5 Å². The Labute approximate surface area is 275 Å². The van der Waals surface area contributed by atoms with Gasteiger partial charge in [-0.25, -0.2) is 9.78 Å². The molecule has 3 heterocycles. The fourth-order valence-corrected chi connectivity index (χ4v) is 6.96. The predicted octanol–water partition coefficient (Wildman–Crippen LogP) is 6.39. The number of rotatable bonds is 9. The fraction of sp³-hybridized carbons (Fsp3) is 0.200. The van der Waals surface area contributed by atoms with Crippen LogP contribution < -0.4 is 0 Å². The van der Waals surface area contributed by atoms with Crippen LogP contribution in [0.1, 0.15) is 44.9 Å². The Balaban J connectivity index is 1.25. The van der Waals surface area contributed by atoms with E-state index in [1.165, 1.54) is 33.8 Å². The van der Waals surface area contributed by atoms with Crippen LogP contribution in [0, 0.1) is 0 Å². The lowest BCUT2D eigenvalue weighted by Crippen LogP contribution is -2.54. The molecule has 46 heavy (non-hydrogen) atoms. The van der Waals surface area contributed by atoms with Crippen LogP contribution in [0.5, 0.6) is 0 Å². The number of H-pyrrole nitrogens is 1. The average molecular weight is 654 g/mol. The number of pyridine rings is 1. The topological polar surface area (TPSA) is 110 Å². The van der Waals surface area contributed by atoms with Crippen molar-refractivity contribution in [3.8, 4) is 0 Å². The molecule has 0 radical (unpaired) electrons. The zero-order chi connectivity index (χ0) is 32.2. The lowest BCUT2D eigenvalue weighted by Gasteiger charge is -2.41. The first-order valence-corrected chi connectivity index (χ1v) is 16.1. The van der Waals surface area contributed by atoms with Crippen molar-refractivity contribution in [3.63, 3.8) is 0 Å². The highest BCUT2D eigenvalue weighted by molar-refractivity contribution is 7.97. The van der Waals surface area contributed by atoms with E-state index in [0.29, 0.717) is 36.7 Å². The summed E-state index contributed by atoms with van der Waals surface area (Å²) in [6.45, 7) is 3.89. The van der Waals surface area contributed by atoms with Crippen molar-refractivity contribution in [2.24, 2.45) is 0 Å². The molecule has 11 heteroatoms. The molecule has 0 spiro atoms. The first-order chi connectivity index (χ1) is 22.3. The average Bonchev–Trinajstić information content (AvgIpc) is 3.51. The van der Waals surface area contributed by atoms with Crippen LogP contribution in [0.15, 0.2) is 108 Å². The summed E-state index contributed by atoms with van der Waals surface area (Å²) in [6.07, 6.45) is 1.46. The summed E-state index contributed by atoms with van der Waals surface area (Å²) in [4.78, 5) is 51.6. The molecule has 2 amide bonds. The number of carbonyl (C=O) groups excluding carboxylic acids is 2. The first-order valence-electron chi connectivity index (χ1n) is 14.9. The van der Waals surface area contributed by atoms with Crippen molar-refractivity contribution in [2.75, 3.05) is 26.2 Å². The van der Waals surface area contributed by atoms with Crippen LogP contribution in [-0.4, -0.2) is 79.2 Å². The Kier molecular flexibility index (Phi) is 9.39. The van der Waals surface area contributed by atoms with Gasteiger partial charge in [-0.3, -0.25) is 18.8 Å². The van der Waals surface area contributed by atoms with Crippen molar-refractivity contribution in [1.29, 1.82) is 0 Å². The number of aromatic nitrogens is 2. The molecule has 6 rings (SSSR count). The van der Waals surface area contributed by atoms with Gasteiger partial charge in [0.05, 0.1) is 11.6 Å². The SMILES string of the molecule is C[C@H](C(=O)N1CCN(C(c2ccccc2)c2ccccc2)CC1)N(Sc1ncccc1C(=O)O)C(=O)c1cc2cc(Cl)ccc2[nH]1. The van der Waals surface area contributed by atoms with Gasteiger partial charge in [0.15, 0.2) is 0 Å². The Morgan fingerprint density at radius 3 is 2.17 bits per heavy atom. The number of amides is 2. The summed E-state index contributed by atoms with van der Waals surface area (Å²) in [5.74, 6) is -1.89. The maximum Gasteiger partial charge on any atom is 0.338 e. The van der Waals surface area contributed by atoms with E-state index >= 15 is 0 Å². The Morgan fingerprint density at radius 2 is 1.54 bits per heavy atom. The highest BCUT2D eigenvalue weighted by Gasteiger charge is 2.35. The highest BCUT2D eigenvalue weighted by atomic mass is 35.5. The van der Waals surface area contributed by atoms with Gasteiger partial charge >= 0.3 is 5.97 Å². The molecule has 2 aromatic heterocycles. The highest BCUT2D eigenvalue weighted by Crippen LogP contribution is 2.32. The number of aromatic amines is 1. The number of piperazine rings is 1. The molecule has 2 N–H and O–H groups in total. The Bertz CT molecular complexity index is 1820. The third-order valence-corrected chi connectivity index (χ3v) is 9.54. The summed E-state index contributed by atoms with van der Waals surface area (Å²) in [5, 5.41) is 11.2. The monoisotopic (exact) mass is 653 g/mol. The van der Waals surface area contributed by atoms with Crippen molar-refractivity contribution in [1.82, 2.24) is 24.1 Å². The van der Waals surface area contributed by atoms with Crippen molar-refractivity contribution >= 4 is 52.2 Å². The van der Waals surface area contributed by atoms with Gasteiger partial charge in [-0.05, 0) is 54.4 Å². The van der Waals surface area contributed by atoms with Gasteiger partial charge in [0, 0.05) is 60.2 Å². The van der Waals surface area contributed by atoms with Crippen molar-refractivity contribution < 1.29 is 19.5 Å². The zero-order valence-corrected chi connectivity index (χ0v) is 26.6. The van der Waals surface area contributed by atoms with E-state index < -0.39 is 17.9 Å². The van der Waals surface area contributed by atoms with E-state index in [4.69, 9.17) is 11.6 Å². The standard InChI is InChI=1S/C35H32ClN5O4S/c1-23(33(42)40-19-17-39(18-20-40)31(24-9-4-2-5-10-24)25-11-6-3-7-12-25)41(46-32-28(35(44)45)13-8-16-37-32)34(43)30-22-26-21-27(36)14-15-29(26)38-30/h2-16,21-23,31,38H,17-20H2,1H3,(H,44,45)/t23-/m1/s1. The third kappa shape index (κ3) is 6.64. The van der Waals surface area contributed by atoms with Gasteiger partial charge in [0.2, 0.25) is 5.91 Å². The van der Waals surface area contributed by atoms with Crippen molar-refractivity contribution in [3.05, 3.63) is 131 Å². The van der Waals surface area contributed by atoms with Crippen LogP contribution in [0.25, 0.3) is 10.9 Å². The number of hydrogen-bond acceptors (Lipinski definition) is 6. The molecular formula is C35H32ClN5O4S. The van der Waals surface area contributed by atoms with Gasteiger partial charge in [0.1, 0.15) is 16.8 Å². The number of aromatic carboxylic acids is 1. The van der Waals surface area contributed by atoms with E-state index in [1.54, 1.807) is 36.1 Å². The largest absolute Gasteiger partial charge is 0.478 e. The zero-order valence-electron chi connectivity index (χ0n) is 25.0. The second kappa shape index (κ2) is 13.8. The minimum absolute atomic E-state index is 0.0415. The minimum atomic E-state index is -1.18. The normalized spacial score (nSPS) is 14.4. The van der Waals surface area contributed by atoms with Crippen LogP contribution in [0.3, 0.4) is 0 Å². The van der Waals surface area contributed by atoms with Gasteiger partial charge in [0.25, 0.3) is 5.91 Å². The molecular weight excluding hydrogens is 622 g/mol.